The Kier molecular flexibility index (Phi) is 5.98. The van der Waals surface area contributed by atoms with Gasteiger partial charge in [-0.15, -0.1) is 12.4 Å². The van der Waals surface area contributed by atoms with Crippen molar-refractivity contribution in [1.29, 1.82) is 0 Å². The van der Waals surface area contributed by atoms with E-state index in [1.165, 1.54) is 6.07 Å². The predicted molar refractivity (Wildman–Crippen MR) is 73.0 cm³/mol. The fourth-order valence-corrected chi connectivity index (χ4v) is 2.10. The Bertz CT molecular complexity index is 520. The van der Waals surface area contributed by atoms with Gasteiger partial charge in [-0.3, -0.25) is 4.79 Å². The topological polar surface area (TPSA) is 41.1 Å². The summed E-state index contributed by atoms with van der Waals surface area (Å²) in [5.41, 5.74) is 1.26. The highest BCUT2D eigenvalue weighted by atomic mass is 35.5. The van der Waals surface area contributed by atoms with E-state index >= 15 is 0 Å². The van der Waals surface area contributed by atoms with Gasteiger partial charge in [-0.2, -0.15) is 13.2 Å². The second kappa shape index (κ2) is 7.09. The molecule has 0 atom stereocenters. The molecule has 118 valence electrons. The molecule has 1 aliphatic heterocycles. The number of hydrogen-bond acceptors (Lipinski definition) is 2. The molecule has 0 radical (unpaired) electrons. The highest BCUT2D eigenvalue weighted by Gasteiger charge is 2.28. The van der Waals surface area contributed by atoms with Crippen molar-refractivity contribution in [2.24, 2.45) is 0 Å². The van der Waals surface area contributed by atoms with Crippen LogP contribution in [0, 0.1) is 5.82 Å². The smallest absolute Gasteiger partial charge is 0.324 e. The molecule has 21 heavy (non-hydrogen) atoms. The molecule has 1 aromatic carbocycles. The van der Waals surface area contributed by atoms with Crippen molar-refractivity contribution in [3.8, 4) is 0 Å². The summed E-state index contributed by atoms with van der Waals surface area (Å²) in [6, 6.07) is 3.05. The van der Waals surface area contributed by atoms with Gasteiger partial charge < -0.3 is 10.6 Å². The maximum Gasteiger partial charge on any atom is 0.389 e. The lowest BCUT2D eigenvalue weighted by atomic mass is 9.99. The van der Waals surface area contributed by atoms with Crippen LogP contribution in [0.2, 0.25) is 0 Å². The molecule has 8 heteroatoms. The van der Waals surface area contributed by atoms with E-state index in [4.69, 9.17) is 0 Å². The van der Waals surface area contributed by atoms with Gasteiger partial charge in [0.1, 0.15) is 5.82 Å². The lowest BCUT2D eigenvalue weighted by Crippen LogP contribution is -2.25. The molecule has 0 bridgehead atoms. The van der Waals surface area contributed by atoms with Gasteiger partial charge in [0.25, 0.3) is 0 Å². The molecule has 0 aliphatic carbocycles. The second-order valence-electron chi connectivity index (χ2n) is 4.65. The van der Waals surface area contributed by atoms with Gasteiger partial charge in [0.2, 0.25) is 5.91 Å². The molecule has 0 aromatic heterocycles. The molecular formula is C13H15ClF4N2O. The van der Waals surface area contributed by atoms with Crippen molar-refractivity contribution in [3.05, 3.63) is 29.1 Å². The van der Waals surface area contributed by atoms with E-state index in [9.17, 15) is 22.4 Å². The predicted octanol–water partition coefficient (Wildman–Crippen LogP) is 3.17. The summed E-state index contributed by atoms with van der Waals surface area (Å²) in [6.07, 6.45) is -5.82. The second-order valence-corrected chi connectivity index (χ2v) is 4.65. The number of carbonyl (C=O) groups excluding carboxylic acids is 1. The van der Waals surface area contributed by atoms with E-state index in [1.807, 2.05) is 0 Å². The third-order valence-corrected chi connectivity index (χ3v) is 3.12. The van der Waals surface area contributed by atoms with Crippen LogP contribution < -0.4 is 10.6 Å². The quantitative estimate of drug-likeness (QED) is 0.838. The summed E-state index contributed by atoms with van der Waals surface area (Å²) in [7, 11) is 0. The van der Waals surface area contributed by atoms with Crippen LogP contribution in [0.15, 0.2) is 12.1 Å². The van der Waals surface area contributed by atoms with Crippen LogP contribution in [-0.2, 0) is 17.8 Å². The number of alkyl halides is 3. The average molecular weight is 327 g/mol. The highest BCUT2D eigenvalue weighted by molar-refractivity contribution is 5.91. The molecule has 1 amide bonds. The summed E-state index contributed by atoms with van der Waals surface area (Å²) < 4.78 is 50.1. The zero-order valence-corrected chi connectivity index (χ0v) is 11.8. The summed E-state index contributed by atoms with van der Waals surface area (Å²) in [5, 5.41) is 5.28. The molecule has 0 unspecified atom stereocenters. The number of halogens is 5. The summed E-state index contributed by atoms with van der Waals surface area (Å²) in [5.74, 6) is -1.39. The van der Waals surface area contributed by atoms with Crippen LogP contribution in [0.5, 0.6) is 0 Å². The summed E-state index contributed by atoms with van der Waals surface area (Å²) >= 11 is 0. The Labute approximate surface area is 125 Å². The maximum atomic E-state index is 14.1. The molecule has 3 nitrogen and oxygen atoms in total. The first kappa shape index (κ1) is 17.7. The van der Waals surface area contributed by atoms with Crippen LogP contribution in [0.4, 0.5) is 23.2 Å². The summed E-state index contributed by atoms with van der Waals surface area (Å²) in [6.45, 7) is 1.18. The average Bonchev–Trinajstić information content (AvgIpc) is 2.39. The standard InChI is InChI=1S/C13H14F4N2O.ClH/c14-12-9-4-6-18-7-8(9)1-2-10(12)19-11(20)3-5-13(15,16)17;/h1-2,18H,3-7H2,(H,19,20);1H. The number of amides is 1. The van der Waals surface area contributed by atoms with E-state index in [2.05, 4.69) is 10.6 Å². The first-order valence-electron chi connectivity index (χ1n) is 6.24. The first-order chi connectivity index (χ1) is 9.37. The molecule has 0 fully saturated rings. The van der Waals surface area contributed by atoms with Crippen LogP contribution in [0.25, 0.3) is 0 Å². The van der Waals surface area contributed by atoms with Gasteiger partial charge in [0.15, 0.2) is 0 Å². The number of nitrogens with one attached hydrogen (secondary N) is 2. The van der Waals surface area contributed by atoms with Crippen LogP contribution in [0.1, 0.15) is 24.0 Å². The molecule has 1 aromatic rings. The molecule has 1 aliphatic rings. The van der Waals surface area contributed by atoms with Gasteiger partial charge in [-0.05, 0) is 30.2 Å². The van der Waals surface area contributed by atoms with E-state index < -0.39 is 30.7 Å². The van der Waals surface area contributed by atoms with Crippen molar-refractivity contribution in [2.75, 3.05) is 11.9 Å². The van der Waals surface area contributed by atoms with Gasteiger partial charge >= 0.3 is 6.18 Å². The Hall–Kier alpha value is -1.34. The van der Waals surface area contributed by atoms with Crippen LogP contribution in [-0.4, -0.2) is 18.6 Å². The van der Waals surface area contributed by atoms with Crippen molar-refractivity contribution >= 4 is 24.0 Å². The monoisotopic (exact) mass is 326 g/mol. The molecule has 0 spiro atoms. The van der Waals surface area contributed by atoms with Crippen molar-refractivity contribution in [2.45, 2.75) is 32.0 Å². The Morgan fingerprint density at radius 2 is 2.05 bits per heavy atom. The highest BCUT2D eigenvalue weighted by Crippen LogP contribution is 2.25. The fourth-order valence-electron chi connectivity index (χ4n) is 2.10. The van der Waals surface area contributed by atoms with Crippen LogP contribution in [0.3, 0.4) is 0 Å². The van der Waals surface area contributed by atoms with Gasteiger partial charge in [0.05, 0.1) is 12.1 Å². The Morgan fingerprint density at radius 1 is 1.33 bits per heavy atom. The van der Waals surface area contributed by atoms with E-state index in [1.54, 1.807) is 6.07 Å². The lowest BCUT2D eigenvalue weighted by Gasteiger charge is -2.19. The summed E-state index contributed by atoms with van der Waals surface area (Å²) in [4.78, 5) is 11.4. The Morgan fingerprint density at radius 3 is 2.71 bits per heavy atom. The third-order valence-electron chi connectivity index (χ3n) is 3.12. The van der Waals surface area contributed by atoms with Crippen molar-refractivity contribution < 1.29 is 22.4 Å². The zero-order valence-electron chi connectivity index (χ0n) is 11.0. The first-order valence-corrected chi connectivity index (χ1v) is 6.24. The molecule has 2 rings (SSSR count). The Balaban J connectivity index is 0.00000220. The SMILES string of the molecule is Cl.O=C(CCC(F)(F)F)Nc1ccc2c(c1F)CCNC2. The number of fused-ring (bicyclic) bond motifs is 1. The minimum atomic E-state index is -4.39. The fraction of sp³-hybridized carbons (Fsp3) is 0.462. The molecule has 0 saturated heterocycles. The van der Waals surface area contributed by atoms with Gasteiger partial charge in [-0.25, -0.2) is 4.39 Å². The third kappa shape index (κ3) is 4.86. The number of anilines is 1. The minimum absolute atomic E-state index is 0. The molecule has 1 heterocycles. The van der Waals surface area contributed by atoms with Gasteiger partial charge in [-0.1, -0.05) is 6.07 Å². The minimum Gasteiger partial charge on any atom is -0.324 e. The van der Waals surface area contributed by atoms with Gasteiger partial charge in [0, 0.05) is 13.0 Å². The number of hydrogen-bond donors (Lipinski definition) is 2. The number of rotatable bonds is 3. The van der Waals surface area contributed by atoms with E-state index in [0.717, 1.165) is 5.56 Å². The van der Waals surface area contributed by atoms with E-state index in [-0.39, 0.29) is 18.1 Å². The zero-order chi connectivity index (χ0) is 14.8. The largest absolute Gasteiger partial charge is 0.389 e. The normalized spacial score (nSPS) is 14.1. The number of carbonyl (C=O) groups is 1. The lowest BCUT2D eigenvalue weighted by molar-refractivity contribution is -0.142. The maximum absolute atomic E-state index is 14.1. The van der Waals surface area contributed by atoms with Crippen LogP contribution >= 0.6 is 12.4 Å². The molecule has 0 saturated carbocycles. The van der Waals surface area contributed by atoms with Crippen molar-refractivity contribution in [1.82, 2.24) is 5.32 Å². The number of benzene rings is 1. The molecular weight excluding hydrogens is 312 g/mol. The van der Waals surface area contributed by atoms with E-state index in [0.29, 0.717) is 25.1 Å². The molecule has 2 N–H and O–H groups in total. The van der Waals surface area contributed by atoms with Crippen molar-refractivity contribution in [3.63, 3.8) is 0 Å².